The Hall–Kier alpha value is -1.13. The molecular weight excluding hydrogens is 290 g/mol. The Morgan fingerprint density at radius 3 is 2.83 bits per heavy atom. The predicted octanol–water partition coefficient (Wildman–Crippen LogP) is 3.97. The average Bonchev–Trinajstić information content (AvgIpc) is 2.89. The maximum Gasteiger partial charge on any atom is 0.0534 e. The Bertz CT molecular complexity index is 482. The minimum absolute atomic E-state index is 0.285. The van der Waals surface area contributed by atoms with Gasteiger partial charge >= 0.3 is 0 Å². The highest BCUT2D eigenvalue weighted by atomic mass is 79.9. The lowest BCUT2D eigenvalue weighted by molar-refractivity contribution is 0.456. The Kier molecular flexibility index (Phi) is 4.55. The van der Waals surface area contributed by atoms with Crippen LogP contribution in [0.2, 0.25) is 0 Å². The van der Waals surface area contributed by atoms with Crippen molar-refractivity contribution in [3.8, 4) is 0 Å². The van der Waals surface area contributed by atoms with Crippen molar-refractivity contribution >= 4 is 15.9 Å². The van der Waals surface area contributed by atoms with E-state index in [1.54, 1.807) is 0 Å². The van der Waals surface area contributed by atoms with Gasteiger partial charge < -0.3 is 5.32 Å². The second-order valence-corrected chi connectivity index (χ2v) is 5.35. The highest BCUT2D eigenvalue weighted by Crippen LogP contribution is 2.23. The van der Waals surface area contributed by atoms with E-state index in [1.165, 1.54) is 11.1 Å². The monoisotopic (exact) mass is 307 g/mol. The van der Waals surface area contributed by atoms with E-state index in [2.05, 4.69) is 69.6 Å². The molecular formula is C14H18BrN3. The number of hydrogen-bond donors (Lipinski definition) is 2. The topological polar surface area (TPSA) is 40.7 Å². The van der Waals surface area contributed by atoms with Gasteiger partial charge in [0.05, 0.1) is 6.20 Å². The number of nitrogens with one attached hydrogen (secondary N) is 2. The number of aromatic nitrogens is 2. The highest BCUT2D eigenvalue weighted by Gasteiger charge is 2.14. The molecule has 1 aromatic heterocycles. The fraction of sp³-hybridized carbons (Fsp3) is 0.357. The quantitative estimate of drug-likeness (QED) is 0.877. The van der Waals surface area contributed by atoms with Gasteiger partial charge in [0.1, 0.15) is 0 Å². The number of hydrogen-bond acceptors (Lipinski definition) is 2. The van der Waals surface area contributed by atoms with Crippen LogP contribution < -0.4 is 5.32 Å². The van der Waals surface area contributed by atoms with Crippen molar-refractivity contribution in [3.05, 3.63) is 52.3 Å². The van der Waals surface area contributed by atoms with Crippen LogP contribution in [0.1, 0.15) is 43.5 Å². The van der Waals surface area contributed by atoms with Gasteiger partial charge in [-0.1, -0.05) is 35.0 Å². The summed E-state index contributed by atoms with van der Waals surface area (Å²) in [4.78, 5) is 0. The third-order valence-corrected chi connectivity index (χ3v) is 3.62. The van der Waals surface area contributed by atoms with Crippen LogP contribution in [0.25, 0.3) is 0 Å². The summed E-state index contributed by atoms with van der Waals surface area (Å²) in [6.45, 7) is 4.35. The molecule has 2 N–H and O–H groups in total. The molecule has 0 radical (unpaired) electrons. The fourth-order valence-corrected chi connectivity index (χ4v) is 2.49. The van der Waals surface area contributed by atoms with Crippen molar-refractivity contribution in [3.63, 3.8) is 0 Å². The molecule has 0 fully saturated rings. The molecule has 1 heterocycles. The Morgan fingerprint density at radius 2 is 2.22 bits per heavy atom. The normalized spacial score (nSPS) is 14.4. The number of benzene rings is 1. The molecule has 0 aliphatic heterocycles. The molecule has 0 aliphatic rings. The Balaban J connectivity index is 2.10. The van der Waals surface area contributed by atoms with Gasteiger partial charge in [0, 0.05) is 28.3 Å². The minimum Gasteiger partial charge on any atom is -0.303 e. The number of rotatable bonds is 5. The van der Waals surface area contributed by atoms with Crippen LogP contribution in [-0.4, -0.2) is 10.2 Å². The Morgan fingerprint density at radius 1 is 1.39 bits per heavy atom. The first-order valence-electron chi connectivity index (χ1n) is 6.21. The number of H-pyrrole nitrogens is 1. The van der Waals surface area contributed by atoms with Crippen molar-refractivity contribution in [1.29, 1.82) is 0 Å². The summed E-state index contributed by atoms with van der Waals surface area (Å²) in [5, 5.41) is 10.5. The zero-order valence-corrected chi connectivity index (χ0v) is 12.2. The summed E-state index contributed by atoms with van der Waals surface area (Å²) >= 11 is 3.52. The lowest BCUT2D eigenvalue weighted by atomic mass is 10.0. The van der Waals surface area contributed by atoms with Crippen LogP contribution in [0.3, 0.4) is 0 Å². The SMILES string of the molecule is CCC(NC(C)c1cn[nH]c1)c1cccc(Br)c1. The van der Waals surface area contributed by atoms with Crippen LogP contribution in [-0.2, 0) is 0 Å². The lowest BCUT2D eigenvalue weighted by Gasteiger charge is -2.22. The van der Waals surface area contributed by atoms with E-state index in [-0.39, 0.29) is 6.04 Å². The standard InChI is InChI=1S/C14H18BrN3/c1-3-14(11-5-4-6-13(15)7-11)18-10(2)12-8-16-17-9-12/h4-10,14,18H,3H2,1-2H3,(H,16,17). The number of halogens is 1. The van der Waals surface area contributed by atoms with E-state index in [1.807, 2.05) is 12.4 Å². The largest absolute Gasteiger partial charge is 0.303 e. The zero-order valence-electron chi connectivity index (χ0n) is 10.7. The van der Waals surface area contributed by atoms with Crippen molar-refractivity contribution in [2.45, 2.75) is 32.4 Å². The minimum atomic E-state index is 0.285. The van der Waals surface area contributed by atoms with Crippen molar-refractivity contribution in [1.82, 2.24) is 15.5 Å². The van der Waals surface area contributed by atoms with E-state index >= 15 is 0 Å². The molecule has 2 atom stereocenters. The van der Waals surface area contributed by atoms with Gasteiger partial charge in [-0.25, -0.2) is 0 Å². The molecule has 3 nitrogen and oxygen atoms in total. The molecule has 2 aromatic rings. The van der Waals surface area contributed by atoms with Crippen LogP contribution in [0.15, 0.2) is 41.1 Å². The summed E-state index contributed by atoms with van der Waals surface area (Å²) in [5.74, 6) is 0. The summed E-state index contributed by atoms with van der Waals surface area (Å²) in [6.07, 6.45) is 4.86. The molecule has 2 unspecified atom stereocenters. The van der Waals surface area contributed by atoms with Gasteiger partial charge in [0.2, 0.25) is 0 Å². The summed E-state index contributed by atoms with van der Waals surface area (Å²) in [6, 6.07) is 9.10. The molecule has 4 heteroatoms. The maximum absolute atomic E-state index is 3.99. The first kappa shape index (κ1) is 13.3. The smallest absolute Gasteiger partial charge is 0.0534 e. The van der Waals surface area contributed by atoms with Crippen molar-refractivity contribution in [2.24, 2.45) is 0 Å². The second kappa shape index (κ2) is 6.16. The van der Waals surface area contributed by atoms with Gasteiger partial charge in [-0.15, -0.1) is 0 Å². The molecule has 96 valence electrons. The van der Waals surface area contributed by atoms with E-state index < -0.39 is 0 Å². The molecule has 18 heavy (non-hydrogen) atoms. The van der Waals surface area contributed by atoms with Gasteiger partial charge in [-0.05, 0) is 31.0 Å². The molecule has 1 aromatic carbocycles. The van der Waals surface area contributed by atoms with E-state index in [0.717, 1.165) is 10.9 Å². The van der Waals surface area contributed by atoms with Gasteiger partial charge in [0.25, 0.3) is 0 Å². The summed E-state index contributed by atoms with van der Waals surface area (Å²) < 4.78 is 1.12. The van der Waals surface area contributed by atoms with Gasteiger partial charge in [0.15, 0.2) is 0 Å². The van der Waals surface area contributed by atoms with Crippen LogP contribution in [0.4, 0.5) is 0 Å². The molecule has 0 saturated heterocycles. The summed E-state index contributed by atoms with van der Waals surface area (Å²) in [5.41, 5.74) is 2.49. The molecule has 0 aliphatic carbocycles. The van der Waals surface area contributed by atoms with Crippen molar-refractivity contribution < 1.29 is 0 Å². The second-order valence-electron chi connectivity index (χ2n) is 4.44. The molecule has 2 rings (SSSR count). The third kappa shape index (κ3) is 3.21. The predicted molar refractivity (Wildman–Crippen MR) is 77.3 cm³/mol. The van der Waals surface area contributed by atoms with Crippen molar-refractivity contribution in [2.75, 3.05) is 0 Å². The van der Waals surface area contributed by atoms with E-state index in [4.69, 9.17) is 0 Å². The third-order valence-electron chi connectivity index (χ3n) is 3.13. The highest BCUT2D eigenvalue weighted by molar-refractivity contribution is 9.10. The Labute approximate surface area is 116 Å². The maximum atomic E-state index is 3.99. The van der Waals surface area contributed by atoms with E-state index in [0.29, 0.717) is 6.04 Å². The molecule has 0 bridgehead atoms. The van der Waals surface area contributed by atoms with Crippen LogP contribution >= 0.6 is 15.9 Å². The fourth-order valence-electron chi connectivity index (χ4n) is 2.07. The number of aromatic amines is 1. The first-order chi connectivity index (χ1) is 8.70. The molecule has 0 saturated carbocycles. The average molecular weight is 308 g/mol. The zero-order chi connectivity index (χ0) is 13.0. The molecule has 0 amide bonds. The van der Waals surface area contributed by atoms with Gasteiger partial charge in [-0.3, -0.25) is 5.10 Å². The van der Waals surface area contributed by atoms with Crippen LogP contribution in [0, 0.1) is 0 Å². The van der Waals surface area contributed by atoms with Gasteiger partial charge in [-0.2, -0.15) is 5.10 Å². The summed E-state index contributed by atoms with van der Waals surface area (Å²) in [7, 11) is 0. The number of nitrogens with zero attached hydrogens (tertiary/aromatic N) is 1. The van der Waals surface area contributed by atoms with E-state index in [9.17, 15) is 0 Å². The molecule has 0 spiro atoms. The first-order valence-corrected chi connectivity index (χ1v) is 7.00. The lowest BCUT2D eigenvalue weighted by Crippen LogP contribution is -2.24. The van der Waals surface area contributed by atoms with Crippen LogP contribution in [0.5, 0.6) is 0 Å².